The van der Waals surface area contributed by atoms with Crippen LogP contribution in [0.2, 0.25) is 0 Å². The molecule has 1 nitrogen and oxygen atoms in total. The van der Waals surface area contributed by atoms with Crippen LogP contribution in [0.15, 0.2) is 18.2 Å². The molecule has 0 radical (unpaired) electrons. The molecule has 0 aliphatic heterocycles. The first-order valence-electron chi connectivity index (χ1n) is 5.64. The standard InChI is InChI=1S/C13H16O/c14-13(10-5-6-10)12-7-4-9-2-1-3-11(9)8-12/h4,7-8,10,13-14H,1-3,5-6H2. The smallest absolute Gasteiger partial charge is 0.0818 e. The Labute approximate surface area is 84.8 Å². The van der Waals surface area contributed by atoms with Crippen LogP contribution in [0, 0.1) is 5.92 Å². The summed E-state index contributed by atoms with van der Waals surface area (Å²) in [5.74, 6) is 0.550. The zero-order valence-electron chi connectivity index (χ0n) is 8.37. The van der Waals surface area contributed by atoms with Crippen molar-refractivity contribution < 1.29 is 5.11 Å². The van der Waals surface area contributed by atoms with Crippen LogP contribution in [0.25, 0.3) is 0 Å². The Hall–Kier alpha value is -0.820. The van der Waals surface area contributed by atoms with Crippen molar-refractivity contribution in [1.82, 2.24) is 0 Å². The molecule has 1 aromatic rings. The van der Waals surface area contributed by atoms with Gasteiger partial charge >= 0.3 is 0 Å². The molecule has 1 heteroatoms. The summed E-state index contributed by atoms with van der Waals surface area (Å²) in [6.45, 7) is 0. The SMILES string of the molecule is OC(c1ccc2c(c1)CCC2)C1CC1. The van der Waals surface area contributed by atoms with Gasteiger partial charge in [0.05, 0.1) is 6.10 Å². The van der Waals surface area contributed by atoms with Crippen LogP contribution in [0.5, 0.6) is 0 Å². The van der Waals surface area contributed by atoms with Crippen molar-refractivity contribution in [2.24, 2.45) is 5.92 Å². The summed E-state index contributed by atoms with van der Waals surface area (Å²) in [5, 5.41) is 9.99. The normalized spacial score (nSPS) is 22.1. The first kappa shape index (κ1) is 8.49. The fraction of sp³-hybridized carbons (Fsp3) is 0.538. The minimum atomic E-state index is -0.194. The molecule has 0 spiro atoms. The number of hydrogen-bond acceptors (Lipinski definition) is 1. The number of benzene rings is 1. The Morgan fingerprint density at radius 1 is 1.14 bits per heavy atom. The third-order valence-corrected chi connectivity index (χ3v) is 3.53. The first-order chi connectivity index (χ1) is 6.84. The highest BCUT2D eigenvalue weighted by Gasteiger charge is 2.31. The van der Waals surface area contributed by atoms with Crippen molar-refractivity contribution in [2.45, 2.75) is 38.2 Å². The lowest BCUT2D eigenvalue weighted by Crippen LogP contribution is -2.00. The van der Waals surface area contributed by atoms with E-state index in [4.69, 9.17) is 0 Å². The highest BCUT2D eigenvalue weighted by molar-refractivity contribution is 5.36. The zero-order chi connectivity index (χ0) is 9.54. The maximum atomic E-state index is 9.99. The number of aryl methyl sites for hydroxylation is 2. The van der Waals surface area contributed by atoms with E-state index in [9.17, 15) is 5.11 Å². The number of aliphatic hydroxyl groups excluding tert-OH is 1. The van der Waals surface area contributed by atoms with E-state index in [1.165, 1.54) is 43.2 Å². The minimum absolute atomic E-state index is 0.194. The Morgan fingerprint density at radius 3 is 2.71 bits per heavy atom. The molecule has 2 aliphatic carbocycles. The Bertz CT molecular complexity index is 352. The summed E-state index contributed by atoms with van der Waals surface area (Å²) in [6.07, 6.45) is 5.95. The van der Waals surface area contributed by atoms with Crippen LogP contribution < -0.4 is 0 Å². The van der Waals surface area contributed by atoms with E-state index in [-0.39, 0.29) is 6.10 Å². The number of rotatable bonds is 2. The molecule has 1 aromatic carbocycles. The Kier molecular flexibility index (Phi) is 1.88. The summed E-state index contributed by atoms with van der Waals surface area (Å²) >= 11 is 0. The Morgan fingerprint density at radius 2 is 1.93 bits per heavy atom. The van der Waals surface area contributed by atoms with Crippen molar-refractivity contribution in [1.29, 1.82) is 0 Å². The van der Waals surface area contributed by atoms with E-state index in [0.717, 1.165) is 5.56 Å². The molecule has 1 saturated carbocycles. The lowest BCUT2D eigenvalue weighted by atomic mass is 10.0. The Balaban J connectivity index is 1.91. The van der Waals surface area contributed by atoms with Gasteiger partial charge in [-0.15, -0.1) is 0 Å². The van der Waals surface area contributed by atoms with Gasteiger partial charge in [0, 0.05) is 0 Å². The molecule has 1 N–H and O–H groups in total. The summed E-state index contributed by atoms with van der Waals surface area (Å²) in [6, 6.07) is 6.56. The van der Waals surface area contributed by atoms with E-state index < -0.39 is 0 Å². The summed E-state index contributed by atoms with van der Waals surface area (Å²) in [4.78, 5) is 0. The van der Waals surface area contributed by atoms with Gasteiger partial charge in [0.15, 0.2) is 0 Å². The molecule has 0 aromatic heterocycles. The lowest BCUT2D eigenvalue weighted by Gasteiger charge is -2.11. The zero-order valence-corrected chi connectivity index (χ0v) is 8.37. The van der Waals surface area contributed by atoms with Gasteiger partial charge in [-0.3, -0.25) is 0 Å². The lowest BCUT2D eigenvalue weighted by molar-refractivity contribution is 0.154. The summed E-state index contributed by atoms with van der Waals surface area (Å²) in [5.41, 5.74) is 4.12. The topological polar surface area (TPSA) is 20.2 Å². The maximum Gasteiger partial charge on any atom is 0.0818 e. The molecule has 74 valence electrons. The van der Waals surface area contributed by atoms with Crippen LogP contribution in [-0.2, 0) is 12.8 Å². The van der Waals surface area contributed by atoms with Gasteiger partial charge in [0.25, 0.3) is 0 Å². The van der Waals surface area contributed by atoms with Gasteiger partial charge in [-0.05, 0) is 54.7 Å². The molecular formula is C13H16O. The number of fused-ring (bicyclic) bond motifs is 1. The van der Waals surface area contributed by atoms with Crippen LogP contribution >= 0.6 is 0 Å². The highest BCUT2D eigenvalue weighted by atomic mass is 16.3. The molecule has 3 rings (SSSR count). The molecule has 1 fully saturated rings. The predicted molar refractivity (Wildman–Crippen MR) is 56.2 cm³/mol. The van der Waals surface area contributed by atoms with Crippen LogP contribution in [-0.4, -0.2) is 5.11 Å². The molecule has 0 saturated heterocycles. The maximum absolute atomic E-state index is 9.99. The van der Waals surface area contributed by atoms with Crippen LogP contribution in [0.1, 0.15) is 42.1 Å². The fourth-order valence-corrected chi connectivity index (χ4v) is 2.46. The average molecular weight is 188 g/mol. The third kappa shape index (κ3) is 1.36. The molecule has 0 amide bonds. The fourth-order valence-electron chi connectivity index (χ4n) is 2.46. The molecule has 1 unspecified atom stereocenters. The second-order valence-electron chi connectivity index (χ2n) is 4.66. The second kappa shape index (κ2) is 3.09. The summed E-state index contributed by atoms with van der Waals surface area (Å²) < 4.78 is 0. The third-order valence-electron chi connectivity index (χ3n) is 3.53. The molecule has 14 heavy (non-hydrogen) atoms. The predicted octanol–water partition coefficient (Wildman–Crippen LogP) is 2.62. The van der Waals surface area contributed by atoms with Gasteiger partial charge in [-0.2, -0.15) is 0 Å². The van der Waals surface area contributed by atoms with Crippen molar-refractivity contribution in [3.63, 3.8) is 0 Å². The molecule has 0 heterocycles. The van der Waals surface area contributed by atoms with Crippen LogP contribution in [0.4, 0.5) is 0 Å². The molecule has 0 bridgehead atoms. The van der Waals surface area contributed by atoms with E-state index in [2.05, 4.69) is 18.2 Å². The van der Waals surface area contributed by atoms with E-state index in [1.54, 1.807) is 0 Å². The highest BCUT2D eigenvalue weighted by Crippen LogP contribution is 2.41. The van der Waals surface area contributed by atoms with Crippen molar-refractivity contribution in [3.05, 3.63) is 34.9 Å². The second-order valence-corrected chi connectivity index (χ2v) is 4.66. The van der Waals surface area contributed by atoms with Gasteiger partial charge in [0.2, 0.25) is 0 Å². The van der Waals surface area contributed by atoms with Gasteiger partial charge in [0.1, 0.15) is 0 Å². The summed E-state index contributed by atoms with van der Waals surface area (Å²) in [7, 11) is 0. The van der Waals surface area contributed by atoms with Gasteiger partial charge in [-0.25, -0.2) is 0 Å². The van der Waals surface area contributed by atoms with E-state index in [0.29, 0.717) is 5.92 Å². The van der Waals surface area contributed by atoms with Crippen molar-refractivity contribution >= 4 is 0 Å². The molecule has 2 aliphatic rings. The van der Waals surface area contributed by atoms with Crippen molar-refractivity contribution in [2.75, 3.05) is 0 Å². The molecule has 1 atom stereocenters. The van der Waals surface area contributed by atoms with E-state index in [1.807, 2.05) is 0 Å². The average Bonchev–Trinajstić information content (AvgIpc) is 2.95. The molecular weight excluding hydrogens is 172 g/mol. The van der Waals surface area contributed by atoms with Gasteiger partial charge in [-0.1, -0.05) is 18.2 Å². The number of aliphatic hydroxyl groups is 1. The number of hydrogen-bond donors (Lipinski definition) is 1. The van der Waals surface area contributed by atoms with Crippen molar-refractivity contribution in [3.8, 4) is 0 Å². The van der Waals surface area contributed by atoms with E-state index >= 15 is 0 Å². The quantitative estimate of drug-likeness (QED) is 0.756. The van der Waals surface area contributed by atoms with Gasteiger partial charge < -0.3 is 5.11 Å². The monoisotopic (exact) mass is 188 g/mol. The minimum Gasteiger partial charge on any atom is -0.388 e. The largest absolute Gasteiger partial charge is 0.388 e. The first-order valence-corrected chi connectivity index (χ1v) is 5.64. The van der Waals surface area contributed by atoms with Crippen LogP contribution in [0.3, 0.4) is 0 Å².